The lowest BCUT2D eigenvalue weighted by molar-refractivity contribution is -0.136. The number of anilines is 1. The van der Waals surface area contributed by atoms with Crippen LogP contribution in [0.3, 0.4) is 0 Å². The van der Waals surface area contributed by atoms with E-state index >= 15 is 0 Å². The van der Waals surface area contributed by atoms with Gasteiger partial charge in [-0.2, -0.15) is 5.10 Å². The largest absolute Gasteiger partial charge is 0.496 e. The molecule has 0 fully saturated rings. The van der Waals surface area contributed by atoms with Gasteiger partial charge in [0.1, 0.15) is 18.1 Å². The number of hydrogen-bond donors (Lipinski definition) is 2. The van der Waals surface area contributed by atoms with Crippen molar-refractivity contribution in [3.63, 3.8) is 0 Å². The molecule has 0 atom stereocenters. The van der Waals surface area contributed by atoms with Gasteiger partial charge in [0.05, 0.1) is 18.3 Å². The maximum absolute atomic E-state index is 12.1. The van der Waals surface area contributed by atoms with E-state index < -0.39 is 11.8 Å². The first kappa shape index (κ1) is 25.6. The van der Waals surface area contributed by atoms with Crippen molar-refractivity contribution < 1.29 is 19.1 Å². The molecule has 0 saturated heterocycles. The number of nitrogens with one attached hydrogen (secondary N) is 2. The Morgan fingerprint density at radius 2 is 1.79 bits per heavy atom. The SMILES string of the molecule is COc1ccc(C=NNC(=O)C(=O)Nc2ccc(Br)cc2C)cc1COc1ccc(Cl)cc1Cl. The fourth-order valence-corrected chi connectivity index (χ4v) is 3.84. The number of benzene rings is 3. The Bertz CT molecular complexity index is 1250. The van der Waals surface area contributed by atoms with Crippen LogP contribution >= 0.6 is 39.1 Å². The molecular formula is C24H20BrCl2N3O4. The molecule has 0 bridgehead atoms. The topological polar surface area (TPSA) is 89.0 Å². The first-order chi connectivity index (χ1) is 16.3. The quantitative estimate of drug-likeness (QED) is 0.217. The zero-order chi connectivity index (χ0) is 24.7. The van der Waals surface area contributed by atoms with E-state index in [9.17, 15) is 9.59 Å². The van der Waals surface area contributed by atoms with Gasteiger partial charge < -0.3 is 14.8 Å². The van der Waals surface area contributed by atoms with E-state index in [0.717, 1.165) is 15.6 Å². The number of amides is 2. The summed E-state index contributed by atoms with van der Waals surface area (Å²) in [4.78, 5) is 24.2. The Kier molecular flexibility index (Phi) is 8.92. The Balaban J connectivity index is 1.62. The molecule has 2 N–H and O–H groups in total. The molecule has 0 aliphatic heterocycles. The van der Waals surface area contributed by atoms with Crippen LogP contribution in [0.4, 0.5) is 5.69 Å². The standard InChI is InChI=1S/C24H20BrCl2N3O4/c1-14-9-17(25)4-6-20(14)29-23(31)24(32)30-28-12-15-3-7-21(33-2)16(10-15)13-34-22-8-5-18(26)11-19(22)27/h3-12H,13H2,1-2H3,(H,29,31)(H,30,32). The number of hydrazone groups is 1. The van der Waals surface area contributed by atoms with Gasteiger partial charge in [-0.1, -0.05) is 39.1 Å². The number of carbonyl (C=O) groups is 2. The van der Waals surface area contributed by atoms with Crippen molar-refractivity contribution in [2.24, 2.45) is 5.10 Å². The van der Waals surface area contributed by atoms with Crippen molar-refractivity contribution in [3.8, 4) is 11.5 Å². The predicted molar refractivity (Wildman–Crippen MR) is 137 cm³/mol. The number of aryl methyl sites for hydroxylation is 1. The molecule has 0 saturated carbocycles. The summed E-state index contributed by atoms with van der Waals surface area (Å²) >= 11 is 15.4. The van der Waals surface area contributed by atoms with Gasteiger partial charge in [-0.3, -0.25) is 9.59 Å². The Morgan fingerprint density at radius 1 is 1.03 bits per heavy atom. The van der Waals surface area contributed by atoms with E-state index in [0.29, 0.717) is 32.8 Å². The molecule has 2 amide bonds. The fourth-order valence-electron chi connectivity index (χ4n) is 2.90. The normalized spacial score (nSPS) is 10.7. The first-order valence-corrected chi connectivity index (χ1v) is 11.5. The minimum absolute atomic E-state index is 0.174. The molecule has 34 heavy (non-hydrogen) atoms. The highest BCUT2D eigenvalue weighted by Crippen LogP contribution is 2.29. The summed E-state index contributed by atoms with van der Waals surface area (Å²) in [6.45, 7) is 2.00. The van der Waals surface area contributed by atoms with Crippen molar-refractivity contribution in [1.29, 1.82) is 0 Å². The molecule has 0 unspecified atom stereocenters. The second-order valence-corrected chi connectivity index (χ2v) is 8.81. The second-order valence-electron chi connectivity index (χ2n) is 7.05. The lowest BCUT2D eigenvalue weighted by Crippen LogP contribution is -2.32. The maximum atomic E-state index is 12.1. The molecule has 0 aliphatic carbocycles. The summed E-state index contributed by atoms with van der Waals surface area (Å²) < 4.78 is 12.0. The number of halogens is 3. The molecule has 0 aromatic heterocycles. The molecule has 0 aliphatic rings. The number of nitrogens with zero attached hydrogens (tertiary/aromatic N) is 1. The van der Waals surface area contributed by atoms with Crippen LogP contribution in [-0.2, 0) is 16.2 Å². The Hall–Kier alpha value is -3.07. The van der Waals surface area contributed by atoms with Crippen LogP contribution in [0.1, 0.15) is 16.7 Å². The van der Waals surface area contributed by atoms with Gasteiger partial charge in [0.2, 0.25) is 0 Å². The number of carbonyl (C=O) groups excluding carboxylic acids is 2. The molecule has 3 rings (SSSR count). The summed E-state index contributed by atoms with van der Waals surface area (Å²) in [6.07, 6.45) is 1.41. The molecule has 3 aromatic rings. The Labute approximate surface area is 215 Å². The molecule has 0 radical (unpaired) electrons. The van der Waals surface area contributed by atoms with E-state index in [1.807, 2.05) is 13.0 Å². The van der Waals surface area contributed by atoms with Crippen LogP contribution in [0.15, 0.2) is 64.2 Å². The maximum Gasteiger partial charge on any atom is 0.329 e. The van der Waals surface area contributed by atoms with E-state index in [1.54, 1.807) is 55.6 Å². The van der Waals surface area contributed by atoms with Gasteiger partial charge in [0.15, 0.2) is 0 Å². The highest BCUT2D eigenvalue weighted by molar-refractivity contribution is 9.10. The molecule has 3 aromatic carbocycles. The van der Waals surface area contributed by atoms with Crippen molar-refractivity contribution >= 4 is 62.8 Å². The number of hydrogen-bond acceptors (Lipinski definition) is 5. The van der Waals surface area contributed by atoms with Crippen LogP contribution < -0.4 is 20.2 Å². The molecule has 10 heteroatoms. The summed E-state index contributed by atoms with van der Waals surface area (Å²) in [5.41, 5.74) is 4.95. The number of rotatable bonds is 7. The predicted octanol–water partition coefficient (Wildman–Crippen LogP) is 5.74. The third kappa shape index (κ3) is 6.96. The minimum Gasteiger partial charge on any atom is -0.496 e. The van der Waals surface area contributed by atoms with E-state index in [4.69, 9.17) is 32.7 Å². The van der Waals surface area contributed by atoms with Gasteiger partial charge >= 0.3 is 11.8 Å². The summed E-state index contributed by atoms with van der Waals surface area (Å²) in [5.74, 6) is -0.638. The molecular weight excluding hydrogens is 545 g/mol. The van der Waals surface area contributed by atoms with Crippen molar-refractivity contribution in [1.82, 2.24) is 5.43 Å². The Morgan fingerprint density at radius 3 is 2.50 bits per heavy atom. The zero-order valence-electron chi connectivity index (χ0n) is 18.2. The average Bonchev–Trinajstić information content (AvgIpc) is 2.80. The number of ether oxygens (including phenoxy) is 2. The fraction of sp³-hybridized carbons (Fsp3) is 0.125. The minimum atomic E-state index is -0.895. The molecule has 7 nitrogen and oxygen atoms in total. The lowest BCUT2D eigenvalue weighted by Gasteiger charge is -2.12. The van der Waals surface area contributed by atoms with Crippen LogP contribution in [0.5, 0.6) is 11.5 Å². The van der Waals surface area contributed by atoms with Gasteiger partial charge in [-0.25, -0.2) is 5.43 Å². The summed E-state index contributed by atoms with van der Waals surface area (Å²) in [5, 5.41) is 7.32. The van der Waals surface area contributed by atoms with Crippen LogP contribution in [-0.4, -0.2) is 25.1 Å². The third-order valence-electron chi connectivity index (χ3n) is 4.60. The molecule has 0 heterocycles. The average molecular weight is 565 g/mol. The van der Waals surface area contributed by atoms with Crippen molar-refractivity contribution in [2.45, 2.75) is 13.5 Å². The van der Waals surface area contributed by atoms with Crippen LogP contribution in [0, 0.1) is 6.92 Å². The van der Waals surface area contributed by atoms with Gasteiger partial charge in [-0.05, 0) is 72.6 Å². The molecule has 0 spiro atoms. The highest BCUT2D eigenvalue weighted by atomic mass is 79.9. The van der Waals surface area contributed by atoms with E-state index in [1.165, 1.54) is 6.21 Å². The molecule has 176 valence electrons. The summed E-state index contributed by atoms with van der Waals surface area (Å²) in [7, 11) is 1.55. The van der Waals surface area contributed by atoms with Crippen LogP contribution in [0.25, 0.3) is 0 Å². The van der Waals surface area contributed by atoms with Gasteiger partial charge in [0.25, 0.3) is 0 Å². The lowest BCUT2D eigenvalue weighted by atomic mass is 10.1. The van der Waals surface area contributed by atoms with Crippen molar-refractivity contribution in [3.05, 3.63) is 85.8 Å². The zero-order valence-corrected chi connectivity index (χ0v) is 21.3. The second kappa shape index (κ2) is 11.9. The van der Waals surface area contributed by atoms with E-state index in [-0.39, 0.29) is 6.61 Å². The van der Waals surface area contributed by atoms with Gasteiger partial charge in [0, 0.05) is 20.7 Å². The first-order valence-electron chi connectivity index (χ1n) is 9.92. The number of methoxy groups -OCH3 is 1. The monoisotopic (exact) mass is 563 g/mol. The van der Waals surface area contributed by atoms with Gasteiger partial charge in [-0.15, -0.1) is 0 Å². The van der Waals surface area contributed by atoms with Crippen LogP contribution in [0.2, 0.25) is 10.0 Å². The summed E-state index contributed by atoms with van der Waals surface area (Å²) in [6, 6.07) is 15.5. The third-order valence-corrected chi connectivity index (χ3v) is 5.63. The van der Waals surface area contributed by atoms with Crippen molar-refractivity contribution in [2.75, 3.05) is 12.4 Å². The van der Waals surface area contributed by atoms with E-state index in [2.05, 4.69) is 31.8 Å². The highest BCUT2D eigenvalue weighted by Gasteiger charge is 2.14. The smallest absolute Gasteiger partial charge is 0.329 e.